The van der Waals surface area contributed by atoms with Crippen LogP contribution >= 0.6 is 0 Å². The molecule has 0 fully saturated rings. The molecule has 0 aromatic heterocycles. The zero-order valence-corrected chi connectivity index (χ0v) is 16.5. The summed E-state index contributed by atoms with van der Waals surface area (Å²) in [7, 11) is 0. The number of carbonyl (C=O) groups excluding carboxylic acids is 1. The maximum absolute atomic E-state index is 13.5. The first-order chi connectivity index (χ1) is 13.3. The van der Waals surface area contributed by atoms with Crippen molar-refractivity contribution in [3.8, 4) is 5.75 Å². The third-order valence-corrected chi connectivity index (χ3v) is 5.84. The maximum Gasteiger partial charge on any atom is 0.258 e. The van der Waals surface area contributed by atoms with E-state index in [9.17, 15) is 9.90 Å². The molecule has 4 rings (SSSR count). The summed E-state index contributed by atoms with van der Waals surface area (Å²) >= 11 is 0. The van der Waals surface area contributed by atoms with Crippen LogP contribution in [0, 0.1) is 0 Å². The standard InChI is InChI=1S/C25H25NO2/c1-24(2)17-25(3,19-12-8-5-9-13-19)21-15-14-20(27)16-22(21)26(24)23(28)18-10-6-4-7-11-18/h4-16,27H,17H2,1-3H3. The zero-order valence-electron chi connectivity index (χ0n) is 16.5. The molecule has 142 valence electrons. The molecule has 1 unspecified atom stereocenters. The van der Waals surface area contributed by atoms with Crippen molar-refractivity contribution in [1.82, 2.24) is 0 Å². The summed E-state index contributed by atoms with van der Waals surface area (Å²) in [6.45, 7) is 6.42. The first-order valence-corrected chi connectivity index (χ1v) is 9.62. The van der Waals surface area contributed by atoms with Crippen LogP contribution in [0.15, 0.2) is 78.9 Å². The number of aromatic hydroxyl groups is 1. The molecule has 1 aliphatic rings. The van der Waals surface area contributed by atoms with E-state index in [0.29, 0.717) is 5.56 Å². The van der Waals surface area contributed by atoms with Gasteiger partial charge in [-0.1, -0.05) is 61.5 Å². The Labute approximate surface area is 166 Å². The fraction of sp³-hybridized carbons (Fsp3) is 0.240. The molecule has 0 bridgehead atoms. The second-order valence-corrected chi connectivity index (χ2v) is 8.40. The average Bonchev–Trinajstić information content (AvgIpc) is 2.68. The molecule has 3 heteroatoms. The third kappa shape index (κ3) is 2.88. The van der Waals surface area contributed by atoms with E-state index in [-0.39, 0.29) is 17.1 Å². The topological polar surface area (TPSA) is 40.5 Å². The van der Waals surface area contributed by atoms with Gasteiger partial charge in [0.25, 0.3) is 5.91 Å². The molecule has 3 nitrogen and oxygen atoms in total. The number of anilines is 1. The van der Waals surface area contributed by atoms with Crippen molar-refractivity contribution < 1.29 is 9.90 Å². The Hall–Kier alpha value is -3.07. The summed E-state index contributed by atoms with van der Waals surface area (Å²) in [4.78, 5) is 15.3. The predicted molar refractivity (Wildman–Crippen MR) is 113 cm³/mol. The van der Waals surface area contributed by atoms with Gasteiger partial charge in [-0.25, -0.2) is 0 Å². The van der Waals surface area contributed by atoms with Gasteiger partial charge < -0.3 is 10.0 Å². The van der Waals surface area contributed by atoms with Gasteiger partial charge in [-0.15, -0.1) is 0 Å². The zero-order chi connectivity index (χ0) is 19.9. The highest BCUT2D eigenvalue weighted by Crippen LogP contribution is 2.51. The van der Waals surface area contributed by atoms with E-state index in [2.05, 4.69) is 45.0 Å². The second-order valence-electron chi connectivity index (χ2n) is 8.40. The Balaban J connectivity index is 1.93. The van der Waals surface area contributed by atoms with Crippen molar-refractivity contribution in [1.29, 1.82) is 0 Å². The first kappa shape index (κ1) is 18.3. The molecule has 0 aliphatic carbocycles. The molecule has 1 N–H and O–H groups in total. The van der Waals surface area contributed by atoms with Crippen LogP contribution in [0.5, 0.6) is 5.75 Å². The lowest BCUT2D eigenvalue weighted by atomic mass is 9.65. The number of nitrogens with zero attached hydrogens (tertiary/aromatic N) is 1. The molecule has 28 heavy (non-hydrogen) atoms. The van der Waals surface area contributed by atoms with E-state index < -0.39 is 5.54 Å². The summed E-state index contributed by atoms with van der Waals surface area (Å²) in [5.74, 6) is 0.116. The molecule has 3 aromatic carbocycles. The van der Waals surface area contributed by atoms with E-state index in [1.165, 1.54) is 5.56 Å². The molecule has 0 saturated heterocycles. The lowest BCUT2D eigenvalue weighted by Gasteiger charge is -2.51. The molecule has 1 heterocycles. The monoisotopic (exact) mass is 371 g/mol. The van der Waals surface area contributed by atoms with Crippen molar-refractivity contribution in [2.45, 2.75) is 38.1 Å². The minimum absolute atomic E-state index is 0.0486. The highest BCUT2D eigenvalue weighted by Gasteiger charge is 2.48. The van der Waals surface area contributed by atoms with Crippen LogP contribution in [0.4, 0.5) is 5.69 Å². The largest absolute Gasteiger partial charge is 0.508 e. The van der Waals surface area contributed by atoms with Gasteiger partial charge in [-0.2, -0.15) is 0 Å². The minimum atomic E-state index is -0.432. The summed E-state index contributed by atoms with van der Waals surface area (Å²) in [6, 6.07) is 25.1. The maximum atomic E-state index is 13.5. The number of fused-ring (bicyclic) bond motifs is 1. The van der Waals surface area contributed by atoms with Gasteiger partial charge >= 0.3 is 0 Å². The molecule has 0 spiro atoms. The van der Waals surface area contributed by atoms with E-state index >= 15 is 0 Å². The lowest BCUT2D eigenvalue weighted by molar-refractivity contribution is 0.0948. The van der Waals surface area contributed by atoms with Crippen molar-refractivity contribution in [2.75, 3.05) is 4.90 Å². The summed E-state index contributed by atoms with van der Waals surface area (Å²) in [5, 5.41) is 10.2. The van der Waals surface area contributed by atoms with E-state index in [1.54, 1.807) is 12.1 Å². The van der Waals surface area contributed by atoms with Gasteiger partial charge in [0.05, 0.1) is 5.69 Å². The van der Waals surface area contributed by atoms with Crippen LogP contribution in [0.3, 0.4) is 0 Å². The molecular formula is C25H25NO2. The molecular weight excluding hydrogens is 346 g/mol. The number of phenolic OH excluding ortho intramolecular Hbond substituents is 1. The molecule has 1 aliphatic heterocycles. The molecule has 1 atom stereocenters. The number of hydrogen-bond donors (Lipinski definition) is 1. The van der Waals surface area contributed by atoms with Gasteiger partial charge in [0.1, 0.15) is 5.75 Å². The number of carbonyl (C=O) groups is 1. The highest BCUT2D eigenvalue weighted by molar-refractivity contribution is 6.08. The number of benzene rings is 3. The normalized spacial score (nSPS) is 20.5. The fourth-order valence-electron chi connectivity index (χ4n) is 4.69. The number of amides is 1. The average molecular weight is 371 g/mol. The van der Waals surface area contributed by atoms with Crippen molar-refractivity contribution >= 4 is 11.6 Å². The van der Waals surface area contributed by atoms with Gasteiger partial charge in [-0.05, 0) is 49.6 Å². The number of rotatable bonds is 2. The van der Waals surface area contributed by atoms with Crippen LogP contribution in [0.2, 0.25) is 0 Å². The highest BCUT2D eigenvalue weighted by atomic mass is 16.3. The number of hydrogen-bond acceptors (Lipinski definition) is 2. The van der Waals surface area contributed by atoms with Gasteiger partial charge in [0.15, 0.2) is 0 Å². The Morgan fingerprint density at radius 3 is 2.14 bits per heavy atom. The number of phenols is 1. The first-order valence-electron chi connectivity index (χ1n) is 9.62. The summed E-state index contributed by atoms with van der Waals surface area (Å²) in [6.07, 6.45) is 0.778. The van der Waals surface area contributed by atoms with Crippen LogP contribution in [-0.4, -0.2) is 16.6 Å². The predicted octanol–water partition coefficient (Wildman–Crippen LogP) is 5.53. The van der Waals surface area contributed by atoms with Crippen LogP contribution in [-0.2, 0) is 5.41 Å². The van der Waals surface area contributed by atoms with E-state index in [1.807, 2.05) is 47.4 Å². The van der Waals surface area contributed by atoms with Crippen LogP contribution in [0.25, 0.3) is 0 Å². The van der Waals surface area contributed by atoms with Gasteiger partial charge in [0, 0.05) is 22.6 Å². The molecule has 0 saturated carbocycles. The SMILES string of the molecule is CC1(c2ccccc2)CC(C)(C)N(C(=O)c2ccccc2)c2cc(O)ccc21. The van der Waals surface area contributed by atoms with Gasteiger partial charge in [0.2, 0.25) is 0 Å². The molecule has 1 amide bonds. The second kappa shape index (κ2) is 6.52. The van der Waals surface area contributed by atoms with Crippen molar-refractivity contribution in [2.24, 2.45) is 0 Å². The fourth-order valence-corrected chi connectivity index (χ4v) is 4.69. The Morgan fingerprint density at radius 2 is 1.50 bits per heavy atom. The van der Waals surface area contributed by atoms with Gasteiger partial charge in [-0.3, -0.25) is 4.79 Å². The third-order valence-electron chi connectivity index (χ3n) is 5.84. The summed E-state index contributed by atoms with van der Waals surface area (Å²) < 4.78 is 0. The Morgan fingerprint density at radius 1 is 0.893 bits per heavy atom. The minimum Gasteiger partial charge on any atom is -0.508 e. The van der Waals surface area contributed by atoms with Crippen LogP contribution in [0.1, 0.15) is 48.7 Å². The van der Waals surface area contributed by atoms with E-state index in [0.717, 1.165) is 17.7 Å². The quantitative estimate of drug-likeness (QED) is 0.644. The smallest absolute Gasteiger partial charge is 0.258 e. The van der Waals surface area contributed by atoms with Crippen molar-refractivity contribution in [3.63, 3.8) is 0 Å². The Kier molecular flexibility index (Phi) is 4.26. The molecule has 3 aromatic rings. The lowest BCUT2D eigenvalue weighted by Crippen LogP contribution is -2.55. The Bertz CT molecular complexity index is 1010. The van der Waals surface area contributed by atoms with E-state index in [4.69, 9.17) is 0 Å². The summed E-state index contributed by atoms with van der Waals surface area (Å²) in [5.41, 5.74) is 2.99. The van der Waals surface area contributed by atoms with Crippen LogP contribution < -0.4 is 4.90 Å². The van der Waals surface area contributed by atoms with Crippen molar-refractivity contribution in [3.05, 3.63) is 95.6 Å². The molecule has 0 radical (unpaired) electrons.